The van der Waals surface area contributed by atoms with E-state index in [4.69, 9.17) is 0 Å². The molecule has 0 spiro atoms. The maximum absolute atomic E-state index is 11.8. The number of H-pyrrole nitrogens is 2. The Hall–Kier alpha value is -2.64. The molecule has 0 fully saturated rings. The molecule has 2 N–H and O–H groups in total. The number of rotatable bonds is 2. The van der Waals surface area contributed by atoms with Crippen LogP contribution in [-0.2, 0) is 20.5 Å². The quantitative estimate of drug-likeness (QED) is 0.682. The van der Waals surface area contributed by atoms with Gasteiger partial charge in [0.05, 0.1) is 11.3 Å². The Morgan fingerprint density at radius 2 is 2.00 bits per heavy atom. The number of aryl methyl sites for hydroxylation is 3. The van der Waals surface area contributed by atoms with Gasteiger partial charge in [-0.15, -0.1) is 0 Å². The topological polar surface area (TPSA) is 101 Å². The molecule has 0 aliphatic heterocycles. The molecule has 104 valence electrons. The van der Waals surface area contributed by atoms with E-state index in [2.05, 4.69) is 20.1 Å². The van der Waals surface area contributed by atoms with Crippen LogP contribution in [0.2, 0.25) is 0 Å². The minimum Gasteiger partial charge on any atom is -0.332 e. The van der Waals surface area contributed by atoms with Gasteiger partial charge in [0, 0.05) is 20.3 Å². The Balaban J connectivity index is 2.34. The van der Waals surface area contributed by atoms with Crippen molar-refractivity contribution in [3.05, 3.63) is 32.7 Å². The van der Waals surface area contributed by atoms with Gasteiger partial charge in [-0.3, -0.25) is 19.0 Å². The van der Waals surface area contributed by atoms with E-state index in [0.29, 0.717) is 11.5 Å². The predicted molar refractivity (Wildman–Crippen MR) is 73.5 cm³/mol. The van der Waals surface area contributed by atoms with Crippen LogP contribution in [0, 0.1) is 0 Å². The lowest BCUT2D eigenvalue weighted by atomic mass is 10.2. The van der Waals surface area contributed by atoms with Crippen molar-refractivity contribution in [1.29, 1.82) is 0 Å². The highest BCUT2D eigenvalue weighted by molar-refractivity contribution is 5.75. The van der Waals surface area contributed by atoms with Gasteiger partial charge in [0.2, 0.25) is 0 Å². The molecule has 0 radical (unpaired) electrons. The first kappa shape index (κ1) is 12.4. The maximum Gasteiger partial charge on any atom is 0.329 e. The standard InChI is InChI=1S/C12H14N6O2/c1-4-7-6(5-17(2)16-7)9-13-8-10(14-9)18(3)12(20)15-11(8)19/h5H,4H2,1-3H3,(H,13,14)(H,15,19,20). The molecule has 20 heavy (non-hydrogen) atoms. The van der Waals surface area contributed by atoms with E-state index < -0.39 is 11.2 Å². The zero-order chi connectivity index (χ0) is 14.4. The fraction of sp³-hybridized carbons (Fsp3) is 0.333. The summed E-state index contributed by atoms with van der Waals surface area (Å²) >= 11 is 0. The summed E-state index contributed by atoms with van der Waals surface area (Å²) in [5.74, 6) is 0.539. The molecule has 3 heterocycles. The minimum absolute atomic E-state index is 0.285. The van der Waals surface area contributed by atoms with Crippen LogP contribution in [0.15, 0.2) is 15.8 Å². The summed E-state index contributed by atoms with van der Waals surface area (Å²) in [6, 6.07) is 0. The van der Waals surface area contributed by atoms with Crippen LogP contribution in [0.3, 0.4) is 0 Å². The number of aromatic nitrogens is 6. The molecule has 0 bridgehead atoms. The predicted octanol–water partition coefficient (Wildman–Crippen LogP) is -0.0872. The molecule has 0 unspecified atom stereocenters. The first-order valence-electron chi connectivity index (χ1n) is 6.23. The van der Waals surface area contributed by atoms with Gasteiger partial charge in [-0.05, 0) is 6.42 Å². The monoisotopic (exact) mass is 274 g/mol. The van der Waals surface area contributed by atoms with Gasteiger partial charge in [0.25, 0.3) is 5.56 Å². The lowest BCUT2D eigenvalue weighted by molar-refractivity contribution is 0.746. The average molecular weight is 274 g/mol. The summed E-state index contributed by atoms with van der Waals surface area (Å²) < 4.78 is 3.00. The van der Waals surface area contributed by atoms with Crippen molar-refractivity contribution in [1.82, 2.24) is 29.3 Å². The van der Waals surface area contributed by atoms with E-state index in [0.717, 1.165) is 17.7 Å². The first-order valence-corrected chi connectivity index (χ1v) is 6.23. The molecule has 3 aromatic heterocycles. The van der Waals surface area contributed by atoms with Crippen LogP contribution < -0.4 is 11.2 Å². The molecule has 8 heteroatoms. The van der Waals surface area contributed by atoms with Gasteiger partial charge in [0.1, 0.15) is 11.3 Å². The van der Waals surface area contributed by atoms with Crippen LogP contribution in [0.5, 0.6) is 0 Å². The number of fused-ring (bicyclic) bond motifs is 1. The summed E-state index contributed by atoms with van der Waals surface area (Å²) in [7, 11) is 3.39. The van der Waals surface area contributed by atoms with E-state index in [1.165, 1.54) is 4.57 Å². The van der Waals surface area contributed by atoms with Crippen LogP contribution in [-0.4, -0.2) is 29.3 Å². The van der Waals surface area contributed by atoms with Crippen LogP contribution in [0.4, 0.5) is 0 Å². The van der Waals surface area contributed by atoms with E-state index in [-0.39, 0.29) is 5.52 Å². The Labute approximate surface area is 113 Å². The number of nitrogens with one attached hydrogen (secondary N) is 2. The molecule has 0 aromatic carbocycles. The largest absolute Gasteiger partial charge is 0.332 e. The van der Waals surface area contributed by atoms with Crippen molar-refractivity contribution in [2.24, 2.45) is 14.1 Å². The third kappa shape index (κ3) is 1.68. The Bertz CT molecular complexity index is 910. The number of hydrogen-bond acceptors (Lipinski definition) is 4. The number of aromatic amines is 2. The normalized spacial score (nSPS) is 11.3. The van der Waals surface area contributed by atoms with E-state index in [9.17, 15) is 9.59 Å². The lowest BCUT2D eigenvalue weighted by Gasteiger charge is -1.95. The molecular weight excluding hydrogens is 260 g/mol. The average Bonchev–Trinajstić information content (AvgIpc) is 2.99. The highest BCUT2D eigenvalue weighted by Gasteiger charge is 2.15. The molecule has 0 saturated carbocycles. The van der Waals surface area contributed by atoms with Crippen LogP contribution >= 0.6 is 0 Å². The molecule has 0 atom stereocenters. The summed E-state index contributed by atoms with van der Waals surface area (Å²) in [6.07, 6.45) is 2.59. The summed E-state index contributed by atoms with van der Waals surface area (Å²) in [5.41, 5.74) is 1.38. The van der Waals surface area contributed by atoms with E-state index >= 15 is 0 Å². The van der Waals surface area contributed by atoms with Crippen molar-refractivity contribution in [2.75, 3.05) is 0 Å². The molecule has 0 aliphatic carbocycles. The molecular formula is C12H14N6O2. The minimum atomic E-state index is -0.484. The summed E-state index contributed by atoms with van der Waals surface area (Å²) in [5, 5.41) is 4.34. The summed E-state index contributed by atoms with van der Waals surface area (Å²) in [6.45, 7) is 2.00. The number of imidazole rings is 1. The molecule has 3 rings (SSSR count). The lowest BCUT2D eigenvalue weighted by Crippen LogP contribution is -2.28. The van der Waals surface area contributed by atoms with Gasteiger partial charge < -0.3 is 4.98 Å². The van der Waals surface area contributed by atoms with Gasteiger partial charge in [-0.25, -0.2) is 9.78 Å². The van der Waals surface area contributed by atoms with Gasteiger partial charge >= 0.3 is 5.69 Å². The van der Waals surface area contributed by atoms with Gasteiger partial charge in [0.15, 0.2) is 5.65 Å². The maximum atomic E-state index is 11.8. The third-order valence-corrected chi connectivity index (χ3v) is 3.25. The van der Waals surface area contributed by atoms with Crippen molar-refractivity contribution in [3.8, 4) is 11.4 Å². The Kier molecular flexibility index (Phi) is 2.60. The fourth-order valence-corrected chi connectivity index (χ4v) is 2.23. The second kappa shape index (κ2) is 4.19. The second-order valence-electron chi connectivity index (χ2n) is 4.62. The van der Waals surface area contributed by atoms with Crippen molar-refractivity contribution < 1.29 is 0 Å². The Morgan fingerprint density at radius 3 is 2.70 bits per heavy atom. The van der Waals surface area contributed by atoms with Crippen molar-refractivity contribution in [2.45, 2.75) is 13.3 Å². The highest BCUT2D eigenvalue weighted by Crippen LogP contribution is 2.21. The fourth-order valence-electron chi connectivity index (χ4n) is 2.23. The highest BCUT2D eigenvalue weighted by atomic mass is 16.2. The SMILES string of the molecule is CCc1nn(C)cc1-c1nc2c([nH]1)c(=O)[nH]c(=O)n2C. The number of hydrogen-bond donors (Lipinski definition) is 2. The van der Waals surface area contributed by atoms with Gasteiger partial charge in [-0.1, -0.05) is 6.92 Å². The Morgan fingerprint density at radius 1 is 1.25 bits per heavy atom. The zero-order valence-corrected chi connectivity index (χ0v) is 11.4. The molecule has 0 aliphatic rings. The van der Waals surface area contributed by atoms with Gasteiger partial charge in [-0.2, -0.15) is 5.10 Å². The van der Waals surface area contributed by atoms with Crippen LogP contribution in [0.25, 0.3) is 22.6 Å². The van der Waals surface area contributed by atoms with Crippen molar-refractivity contribution in [3.63, 3.8) is 0 Å². The van der Waals surface area contributed by atoms with Crippen LogP contribution in [0.1, 0.15) is 12.6 Å². The summed E-state index contributed by atoms with van der Waals surface area (Å²) in [4.78, 5) is 32.9. The zero-order valence-electron chi connectivity index (χ0n) is 11.4. The molecule has 0 saturated heterocycles. The molecule has 8 nitrogen and oxygen atoms in total. The van der Waals surface area contributed by atoms with E-state index in [1.807, 2.05) is 20.2 Å². The van der Waals surface area contributed by atoms with E-state index in [1.54, 1.807) is 11.7 Å². The molecule has 3 aromatic rings. The first-order chi connectivity index (χ1) is 9.51. The smallest absolute Gasteiger partial charge is 0.329 e. The second-order valence-corrected chi connectivity index (χ2v) is 4.62. The number of nitrogens with zero attached hydrogens (tertiary/aromatic N) is 4. The third-order valence-electron chi connectivity index (χ3n) is 3.25. The van der Waals surface area contributed by atoms with Crippen molar-refractivity contribution >= 4 is 11.2 Å². The molecule has 0 amide bonds.